The summed E-state index contributed by atoms with van der Waals surface area (Å²) in [6.07, 6.45) is -3.22. The number of nitrogens with zero attached hydrogens (tertiary/aromatic N) is 2. The predicted molar refractivity (Wildman–Crippen MR) is 112 cm³/mol. The van der Waals surface area contributed by atoms with Gasteiger partial charge in [0.25, 0.3) is 0 Å². The maximum Gasteiger partial charge on any atom is 0.417 e. The lowest BCUT2D eigenvalue weighted by atomic mass is 10.2. The maximum absolute atomic E-state index is 12.9. The Labute approximate surface area is 179 Å². The minimum atomic E-state index is -4.64. The summed E-state index contributed by atoms with van der Waals surface area (Å²) in [5.41, 5.74) is 5.08. The van der Waals surface area contributed by atoms with Crippen molar-refractivity contribution in [2.75, 3.05) is 28.7 Å². The number of carbonyl (C=O) groups excluding carboxylic acids is 1. The van der Waals surface area contributed by atoms with Gasteiger partial charge in [0.2, 0.25) is 5.95 Å². The van der Waals surface area contributed by atoms with E-state index in [1.54, 1.807) is 19.2 Å². The molecule has 2 amide bonds. The van der Waals surface area contributed by atoms with E-state index in [2.05, 4.69) is 25.9 Å². The fourth-order valence-electron chi connectivity index (χ4n) is 2.43. The van der Waals surface area contributed by atoms with Crippen molar-refractivity contribution in [3.63, 3.8) is 0 Å². The van der Waals surface area contributed by atoms with E-state index in [4.69, 9.17) is 22.1 Å². The van der Waals surface area contributed by atoms with Gasteiger partial charge < -0.3 is 26.4 Å². The Morgan fingerprint density at radius 3 is 2.35 bits per heavy atom. The molecule has 0 atom stereocenters. The molecule has 5 N–H and O–H groups in total. The monoisotopic (exact) mass is 452 g/mol. The lowest BCUT2D eigenvalue weighted by Gasteiger charge is -2.13. The van der Waals surface area contributed by atoms with Crippen LogP contribution in [0.25, 0.3) is 0 Å². The number of rotatable bonds is 5. The molecule has 0 saturated carbocycles. The molecule has 1 heterocycles. The minimum absolute atomic E-state index is 0.0605. The molecule has 0 unspecified atom stereocenters. The highest BCUT2D eigenvalue weighted by Gasteiger charge is 2.33. The van der Waals surface area contributed by atoms with Crippen LogP contribution in [-0.2, 0) is 6.18 Å². The molecule has 0 aliphatic rings. The summed E-state index contributed by atoms with van der Waals surface area (Å²) in [6, 6.07) is 8.55. The maximum atomic E-state index is 12.9. The average Bonchev–Trinajstić information content (AvgIpc) is 2.71. The standard InChI is InChI=1S/C19H16ClF3N6O2/c1-25-17-26-9-15(16(24)29-17)31-12-5-2-10(3-6-12)27-18(30)28-11-4-7-14(20)13(8-11)19(21,22)23/h2-9H,1H3,(H2,27,28,30)(H3,24,25,26,29). The van der Waals surface area contributed by atoms with Crippen molar-refractivity contribution in [3.05, 3.63) is 59.2 Å². The molecule has 3 rings (SSSR count). The van der Waals surface area contributed by atoms with E-state index < -0.39 is 22.8 Å². The van der Waals surface area contributed by atoms with Crippen LogP contribution in [0.2, 0.25) is 5.02 Å². The number of nitrogen functional groups attached to an aromatic ring is 1. The molecule has 0 spiro atoms. The Morgan fingerprint density at radius 2 is 1.74 bits per heavy atom. The fourth-order valence-corrected chi connectivity index (χ4v) is 2.65. The summed E-state index contributed by atoms with van der Waals surface area (Å²) in [5.74, 6) is 1.15. The molecule has 162 valence electrons. The molecule has 1 aromatic heterocycles. The van der Waals surface area contributed by atoms with Crippen LogP contribution < -0.4 is 26.4 Å². The molecule has 0 saturated heterocycles. The zero-order valence-electron chi connectivity index (χ0n) is 15.9. The Morgan fingerprint density at radius 1 is 1.10 bits per heavy atom. The van der Waals surface area contributed by atoms with E-state index in [0.717, 1.165) is 12.1 Å². The molecule has 8 nitrogen and oxygen atoms in total. The number of hydrogen-bond acceptors (Lipinski definition) is 6. The zero-order chi connectivity index (χ0) is 22.6. The summed E-state index contributed by atoms with van der Waals surface area (Å²) in [6.45, 7) is 0. The Hall–Kier alpha value is -3.73. The fraction of sp³-hybridized carbons (Fsp3) is 0.105. The van der Waals surface area contributed by atoms with Crippen LogP contribution >= 0.6 is 11.6 Å². The summed E-state index contributed by atoms with van der Waals surface area (Å²) < 4.78 is 44.4. The Kier molecular flexibility index (Phi) is 6.35. The SMILES string of the molecule is CNc1ncc(Oc2ccc(NC(=O)Nc3ccc(Cl)c(C(F)(F)F)c3)cc2)c(N)n1. The van der Waals surface area contributed by atoms with Crippen LogP contribution in [0.1, 0.15) is 5.56 Å². The number of urea groups is 1. The molecule has 31 heavy (non-hydrogen) atoms. The van der Waals surface area contributed by atoms with Gasteiger partial charge in [-0.25, -0.2) is 9.78 Å². The smallest absolute Gasteiger partial charge is 0.417 e. The third kappa shape index (κ3) is 5.66. The first-order valence-electron chi connectivity index (χ1n) is 8.68. The van der Waals surface area contributed by atoms with Gasteiger partial charge in [0.05, 0.1) is 16.8 Å². The molecule has 0 aliphatic carbocycles. The van der Waals surface area contributed by atoms with Gasteiger partial charge in [0.1, 0.15) is 5.75 Å². The third-order valence-electron chi connectivity index (χ3n) is 3.88. The van der Waals surface area contributed by atoms with Crippen molar-refractivity contribution in [3.8, 4) is 11.5 Å². The first-order chi connectivity index (χ1) is 14.7. The average molecular weight is 453 g/mol. The van der Waals surface area contributed by atoms with Crippen molar-refractivity contribution in [2.45, 2.75) is 6.18 Å². The highest BCUT2D eigenvalue weighted by molar-refractivity contribution is 6.31. The van der Waals surface area contributed by atoms with Crippen molar-refractivity contribution in [2.24, 2.45) is 0 Å². The molecule has 0 fully saturated rings. The first kappa shape index (κ1) is 22.0. The molecule has 3 aromatic rings. The Balaban J connectivity index is 1.63. The molecule has 12 heteroatoms. The highest BCUT2D eigenvalue weighted by Crippen LogP contribution is 2.36. The molecule has 0 radical (unpaired) electrons. The quantitative estimate of drug-likeness (QED) is 0.422. The van der Waals surface area contributed by atoms with E-state index in [1.165, 1.54) is 24.4 Å². The lowest BCUT2D eigenvalue weighted by molar-refractivity contribution is -0.137. The minimum Gasteiger partial charge on any atom is -0.452 e. The van der Waals surface area contributed by atoms with Gasteiger partial charge in [-0.1, -0.05) is 11.6 Å². The zero-order valence-corrected chi connectivity index (χ0v) is 16.7. The molecular formula is C19H16ClF3N6O2. The number of aromatic nitrogens is 2. The number of nitrogens with two attached hydrogens (primary N) is 1. The first-order valence-corrected chi connectivity index (χ1v) is 9.06. The number of amides is 2. The second-order valence-corrected chi connectivity index (χ2v) is 6.50. The normalized spacial score (nSPS) is 11.0. The highest BCUT2D eigenvalue weighted by atomic mass is 35.5. The summed E-state index contributed by atoms with van der Waals surface area (Å²) >= 11 is 5.57. The third-order valence-corrected chi connectivity index (χ3v) is 4.21. The van der Waals surface area contributed by atoms with Crippen molar-refractivity contribution >= 4 is 40.8 Å². The van der Waals surface area contributed by atoms with E-state index in [1.807, 2.05) is 0 Å². The largest absolute Gasteiger partial charge is 0.452 e. The van der Waals surface area contributed by atoms with Crippen LogP contribution in [0.3, 0.4) is 0 Å². The number of anilines is 4. The van der Waals surface area contributed by atoms with Crippen LogP contribution in [0.4, 0.5) is 41.1 Å². The predicted octanol–water partition coefficient (Wildman–Crippen LogP) is 5.21. The van der Waals surface area contributed by atoms with Gasteiger partial charge in [-0.3, -0.25) is 0 Å². The van der Waals surface area contributed by atoms with Crippen LogP contribution in [0.5, 0.6) is 11.5 Å². The second kappa shape index (κ2) is 8.96. The number of carbonyl (C=O) groups is 1. The number of ether oxygens (including phenoxy) is 1. The summed E-state index contributed by atoms with van der Waals surface area (Å²) in [5, 5.41) is 7.12. The lowest BCUT2D eigenvalue weighted by Crippen LogP contribution is -2.19. The van der Waals surface area contributed by atoms with Gasteiger partial charge in [-0.15, -0.1) is 0 Å². The van der Waals surface area contributed by atoms with E-state index in [9.17, 15) is 18.0 Å². The van der Waals surface area contributed by atoms with Gasteiger partial charge in [0.15, 0.2) is 11.6 Å². The van der Waals surface area contributed by atoms with E-state index >= 15 is 0 Å². The van der Waals surface area contributed by atoms with E-state index in [-0.39, 0.29) is 17.3 Å². The van der Waals surface area contributed by atoms with Crippen LogP contribution in [0, 0.1) is 0 Å². The van der Waals surface area contributed by atoms with Gasteiger partial charge in [0, 0.05) is 18.4 Å². The Bertz CT molecular complexity index is 1090. The number of hydrogen-bond donors (Lipinski definition) is 4. The van der Waals surface area contributed by atoms with Crippen molar-refractivity contribution < 1.29 is 22.7 Å². The molecule has 2 aromatic carbocycles. The number of benzene rings is 2. The van der Waals surface area contributed by atoms with Gasteiger partial charge in [-0.2, -0.15) is 18.2 Å². The summed E-state index contributed by atoms with van der Waals surface area (Å²) in [4.78, 5) is 20.1. The van der Waals surface area contributed by atoms with Crippen molar-refractivity contribution in [1.29, 1.82) is 0 Å². The number of halogens is 4. The number of alkyl halides is 3. The van der Waals surface area contributed by atoms with Gasteiger partial charge in [-0.05, 0) is 42.5 Å². The molecular weight excluding hydrogens is 437 g/mol. The molecule has 0 bridgehead atoms. The van der Waals surface area contributed by atoms with Crippen molar-refractivity contribution in [1.82, 2.24) is 9.97 Å². The van der Waals surface area contributed by atoms with Gasteiger partial charge >= 0.3 is 12.2 Å². The number of nitrogens with one attached hydrogen (secondary N) is 3. The second-order valence-electron chi connectivity index (χ2n) is 6.09. The van der Waals surface area contributed by atoms with Crippen LogP contribution in [-0.4, -0.2) is 23.0 Å². The van der Waals surface area contributed by atoms with E-state index in [0.29, 0.717) is 17.4 Å². The topological polar surface area (TPSA) is 114 Å². The molecule has 0 aliphatic heterocycles. The summed E-state index contributed by atoms with van der Waals surface area (Å²) in [7, 11) is 1.65. The van der Waals surface area contributed by atoms with Crippen LogP contribution in [0.15, 0.2) is 48.7 Å².